The van der Waals surface area contributed by atoms with E-state index in [0.717, 1.165) is 25.8 Å². The molecule has 0 radical (unpaired) electrons. The Labute approximate surface area is 111 Å². The highest BCUT2D eigenvalue weighted by atomic mass is 16.1. The fourth-order valence-electron chi connectivity index (χ4n) is 3.16. The highest BCUT2D eigenvalue weighted by molar-refractivity contribution is 5.78. The van der Waals surface area contributed by atoms with Crippen LogP contribution < -0.4 is 10.6 Å². The second kappa shape index (κ2) is 7.13. The van der Waals surface area contributed by atoms with Crippen LogP contribution in [-0.2, 0) is 4.79 Å². The maximum atomic E-state index is 12.3. The van der Waals surface area contributed by atoms with Crippen LogP contribution in [0.1, 0.15) is 64.7 Å². The lowest BCUT2D eigenvalue weighted by Crippen LogP contribution is -2.50. The van der Waals surface area contributed by atoms with Gasteiger partial charge in [-0.05, 0) is 32.6 Å². The molecule has 0 spiro atoms. The summed E-state index contributed by atoms with van der Waals surface area (Å²) < 4.78 is 0. The first kappa shape index (κ1) is 13.9. The third-order valence-electron chi connectivity index (χ3n) is 4.48. The number of carbonyl (C=O) groups is 1. The summed E-state index contributed by atoms with van der Waals surface area (Å²) >= 11 is 0. The van der Waals surface area contributed by atoms with Gasteiger partial charge in [0, 0.05) is 24.5 Å². The van der Waals surface area contributed by atoms with Crippen molar-refractivity contribution >= 4 is 5.91 Å². The van der Waals surface area contributed by atoms with Crippen LogP contribution in [0, 0.1) is 5.92 Å². The molecule has 0 bridgehead atoms. The van der Waals surface area contributed by atoms with Crippen LogP contribution in [0.5, 0.6) is 0 Å². The average Bonchev–Trinajstić information content (AvgIpc) is 2.31. The first-order valence-electron chi connectivity index (χ1n) is 7.79. The molecule has 3 heteroatoms. The first-order chi connectivity index (χ1) is 8.75. The summed E-state index contributed by atoms with van der Waals surface area (Å²) in [6.07, 6.45) is 11.0. The van der Waals surface area contributed by atoms with Crippen LogP contribution in [0.25, 0.3) is 0 Å². The molecule has 2 unspecified atom stereocenters. The molecule has 104 valence electrons. The minimum absolute atomic E-state index is 0.282. The van der Waals surface area contributed by atoms with Gasteiger partial charge in [-0.3, -0.25) is 4.79 Å². The highest BCUT2D eigenvalue weighted by Crippen LogP contribution is 2.22. The lowest BCUT2D eigenvalue weighted by Gasteiger charge is -2.30. The van der Waals surface area contributed by atoms with Crippen molar-refractivity contribution in [2.75, 3.05) is 6.54 Å². The van der Waals surface area contributed by atoms with E-state index in [0.29, 0.717) is 18.0 Å². The molecule has 18 heavy (non-hydrogen) atoms. The molecule has 0 aromatic heterocycles. The van der Waals surface area contributed by atoms with Crippen molar-refractivity contribution < 1.29 is 4.79 Å². The van der Waals surface area contributed by atoms with E-state index in [9.17, 15) is 4.79 Å². The Morgan fingerprint density at radius 1 is 1.00 bits per heavy atom. The van der Waals surface area contributed by atoms with Crippen molar-refractivity contribution in [3.63, 3.8) is 0 Å². The number of amides is 1. The van der Waals surface area contributed by atoms with Crippen LogP contribution in [-0.4, -0.2) is 24.5 Å². The average molecular weight is 252 g/mol. The Bertz CT molecular complexity index is 251. The minimum atomic E-state index is 0.282. The fraction of sp³-hybridized carbons (Fsp3) is 0.933. The number of hydrogen-bond acceptors (Lipinski definition) is 2. The van der Waals surface area contributed by atoms with Gasteiger partial charge in [-0.2, -0.15) is 0 Å². The summed E-state index contributed by atoms with van der Waals surface area (Å²) in [5.41, 5.74) is 0. The van der Waals surface area contributed by atoms with Gasteiger partial charge in [-0.1, -0.05) is 32.1 Å². The number of carbonyl (C=O) groups excluding carboxylic acids is 1. The Morgan fingerprint density at radius 3 is 2.28 bits per heavy atom. The molecule has 0 aromatic carbocycles. The zero-order chi connectivity index (χ0) is 12.8. The van der Waals surface area contributed by atoms with Crippen LogP contribution in [0.15, 0.2) is 0 Å². The summed E-state index contributed by atoms with van der Waals surface area (Å²) in [7, 11) is 0. The van der Waals surface area contributed by atoms with Gasteiger partial charge < -0.3 is 10.6 Å². The quantitative estimate of drug-likeness (QED) is 0.793. The predicted molar refractivity (Wildman–Crippen MR) is 74.4 cm³/mol. The summed E-state index contributed by atoms with van der Waals surface area (Å²) in [6.45, 7) is 3.16. The van der Waals surface area contributed by atoms with Crippen molar-refractivity contribution in [2.45, 2.75) is 76.8 Å². The van der Waals surface area contributed by atoms with Crippen molar-refractivity contribution in [1.29, 1.82) is 0 Å². The van der Waals surface area contributed by atoms with E-state index in [1.54, 1.807) is 0 Å². The van der Waals surface area contributed by atoms with E-state index in [4.69, 9.17) is 0 Å². The maximum Gasteiger partial charge on any atom is 0.223 e. The molecule has 1 aliphatic heterocycles. The molecule has 2 fully saturated rings. The molecule has 1 aliphatic carbocycles. The fourth-order valence-corrected chi connectivity index (χ4v) is 3.16. The molecule has 1 heterocycles. The normalized spacial score (nSPS) is 31.4. The molecule has 3 nitrogen and oxygen atoms in total. The third-order valence-corrected chi connectivity index (χ3v) is 4.48. The smallest absolute Gasteiger partial charge is 0.223 e. The third kappa shape index (κ3) is 4.27. The van der Waals surface area contributed by atoms with Gasteiger partial charge in [0.05, 0.1) is 0 Å². The molecular weight excluding hydrogens is 224 g/mol. The van der Waals surface area contributed by atoms with Gasteiger partial charge in [0.15, 0.2) is 0 Å². The molecule has 1 saturated heterocycles. The lowest BCUT2D eigenvalue weighted by atomic mass is 9.90. The topological polar surface area (TPSA) is 41.1 Å². The lowest BCUT2D eigenvalue weighted by molar-refractivity contribution is -0.126. The summed E-state index contributed by atoms with van der Waals surface area (Å²) in [5.74, 6) is 0.600. The number of nitrogens with one attached hydrogen (secondary N) is 2. The second-order valence-electron chi connectivity index (χ2n) is 6.13. The summed E-state index contributed by atoms with van der Waals surface area (Å²) in [4.78, 5) is 12.3. The Balaban J connectivity index is 1.75. The van der Waals surface area contributed by atoms with Crippen molar-refractivity contribution in [3.8, 4) is 0 Å². The Morgan fingerprint density at radius 2 is 1.67 bits per heavy atom. The minimum Gasteiger partial charge on any atom is -0.352 e. The SMILES string of the molecule is CC1CCC(NC(=O)C2CCCCCCC2)CN1. The van der Waals surface area contributed by atoms with Crippen molar-refractivity contribution in [1.82, 2.24) is 10.6 Å². The van der Waals surface area contributed by atoms with Gasteiger partial charge >= 0.3 is 0 Å². The van der Waals surface area contributed by atoms with Gasteiger partial charge in [0.25, 0.3) is 0 Å². The van der Waals surface area contributed by atoms with Gasteiger partial charge in [-0.15, -0.1) is 0 Å². The molecule has 2 aliphatic rings. The maximum absolute atomic E-state index is 12.3. The molecule has 1 amide bonds. The van der Waals surface area contributed by atoms with E-state index >= 15 is 0 Å². The number of hydrogen-bond donors (Lipinski definition) is 2. The molecular formula is C15H28N2O. The number of piperidine rings is 1. The monoisotopic (exact) mass is 252 g/mol. The van der Waals surface area contributed by atoms with E-state index in [-0.39, 0.29) is 5.92 Å². The van der Waals surface area contributed by atoms with Crippen LogP contribution in [0.4, 0.5) is 0 Å². The summed E-state index contributed by atoms with van der Waals surface area (Å²) in [5, 5.41) is 6.70. The summed E-state index contributed by atoms with van der Waals surface area (Å²) in [6, 6.07) is 0.971. The van der Waals surface area contributed by atoms with Crippen molar-refractivity contribution in [2.24, 2.45) is 5.92 Å². The van der Waals surface area contributed by atoms with Gasteiger partial charge in [-0.25, -0.2) is 0 Å². The zero-order valence-electron chi connectivity index (χ0n) is 11.7. The Hall–Kier alpha value is -0.570. The largest absolute Gasteiger partial charge is 0.352 e. The van der Waals surface area contributed by atoms with Crippen molar-refractivity contribution in [3.05, 3.63) is 0 Å². The number of rotatable bonds is 2. The highest BCUT2D eigenvalue weighted by Gasteiger charge is 2.24. The van der Waals surface area contributed by atoms with Crippen LogP contribution in [0.2, 0.25) is 0 Å². The van der Waals surface area contributed by atoms with Gasteiger partial charge in [0.1, 0.15) is 0 Å². The second-order valence-corrected chi connectivity index (χ2v) is 6.13. The Kier molecular flexibility index (Phi) is 5.48. The van der Waals surface area contributed by atoms with E-state index in [1.165, 1.54) is 38.5 Å². The van der Waals surface area contributed by atoms with E-state index in [1.807, 2.05) is 0 Å². The molecule has 0 aromatic rings. The molecule has 2 N–H and O–H groups in total. The predicted octanol–water partition coefficient (Wildman–Crippen LogP) is 2.60. The standard InChI is InChI=1S/C15H28N2O/c1-12-9-10-14(11-16-12)17-15(18)13-7-5-3-2-4-6-8-13/h12-14,16H,2-11H2,1H3,(H,17,18). The van der Waals surface area contributed by atoms with E-state index in [2.05, 4.69) is 17.6 Å². The van der Waals surface area contributed by atoms with Crippen LogP contribution >= 0.6 is 0 Å². The first-order valence-corrected chi connectivity index (χ1v) is 7.79. The van der Waals surface area contributed by atoms with Gasteiger partial charge in [0.2, 0.25) is 5.91 Å². The molecule has 1 saturated carbocycles. The van der Waals surface area contributed by atoms with Crippen LogP contribution in [0.3, 0.4) is 0 Å². The van der Waals surface area contributed by atoms with E-state index < -0.39 is 0 Å². The zero-order valence-corrected chi connectivity index (χ0v) is 11.7. The molecule has 2 rings (SSSR count). The molecule has 2 atom stereocenters.